The highest BCUT2D eigenvalue weighted by Crippen LogP contribution is 2.52. The van der Waals surface area contributed by atoms with E-state index in [0.717, 1.165) is 17.0 Å². The SMILES string of the molecule is Cc1ccc(S(=O)(=O)NC2(C(F)(F)F)C(=O)N(CC3CCCO3)C3=C2C(=O)CC(C)(C)C3)cc1. The molecule has 0 bridgehead atoms. The molecule has 1 aromatic carbocycles. The Kier molecular flexibility index (Phi) is 5.97. The maximum absolute atomic E-state index is 14.8. The van der Waals surface area contributed by atoms with Gasteiger partial charge in [0.05, 0.1) is 23.1 Å². The van der Waals surface area contributed by atoms with Gasteiger partial charge in [0.25, 0.3) is 5.91 Å². The van der Waals surface area contributed by atoms with Crippen molar-refractivity contribution >= 4 is 21.7 Å². The highest BCUT2D eigenvalue weighted by Gasteiger charge is 2.72. The number of hydrogen-bond donors (Lipinski definition) is 1. The highest BCUT2D eigenvalue weighted by atomic mass is 32.2. The van der Waals surface area contributed by atoms with E-state index in [-0.39, 0.29) is 25.1 Å². The van der Waals surface area contributed by atoms with Gasteiger partial charge in [0.15, 0.2) is 5.78 Å². The minimum atomic E-state index is -5.40. The molecule has 1 N–H and O–H groups in total. The molecule has 1 saturated heterocycles. The summed E-state index contributed by atoms with van der Waals surface area (Å²) in [6.45, 7) is 5.41. The summed E-state index contributed by atoms with van der Waals surface area (Å²) in [6, 6.07) is 5.20. The third-order valence-corrected chi connectivity index (χ3v) is 8.04. The third kappa shape index (κ3) is 4.07. The number of sulfonamides is 1. The summed E-state index contributed by atoms with van der Waals surface area (Å²) in [4.78, 5) is 27.2. The van der Waals surface area contributed by atoms with Gasteiger partial charge in [-0.05, 0) is 43.7 Å². The fourth-order valence-electron chi connectivity index (χ4n) is 4.95. The van der Waals surface area contributed by atoms with E-state index < -0.39 is 55.4 Å². The topological polar surface area (TPSA) is 92.8 Å². The molecule has 4 rings (SSSR count). The molecule has 0 saturated carbocycles. The van der Waals surface area contributed by atoms with E-state index in [0.29, 0.717) is 25.0 Å². The van der Waals surface area contributed by atoms with E-state index >= 15 is 0 Å². The summed E-state index contributed by atoms with van der Waals surface area (Å²) in [5.74, 6) is -2.40. The minimum absolute atomic E-state index is 0.0244. The average molecular weight is 501 g/mol. The number of benzene rings is 1. The number of aryl methyl sites for hydroxylation is 1. The second kappa shape index (κ2) is 8.17. The van der Waals surface area contributed by atoms with Crippen molar-refractivity contribution < 1.29 is 35.9 Å². The summed E-state index contributed by atoms with van der Waals surface area (Å²) in [5, 5.41) is 0. The fourth-order valence-corrected chi connectivity index (χ4v) is 6.27. The van der Waals surface area contributed by atoms with E-state index in [4.69, 9.17) is 4.74 Å². The molecule has 7 nitrogen and oxygen atoms in total. The summed E-state index contributed by atoms with van der Waals surface area (Å²) >= 11 is 0. The van der Waals surface area contributed by atoms with Gasteiger partial charge in [-0.15, -0.1) is 0 Å². The molecular weight excluding hydrogens is 473 g/mol. The molecule has 0 aromatic heterocycles. The van der Waals surface area contributed by atoms with Crippen LogP contribution < -0.4 is 4.72 Å². The number of allylic oxidation sites excluding steroid dienone is 1. The molecule has 1 amide bonds. The summed E-state index contributed by atoms with van der Waals surface area (Å²) < 4.78 is 77.8. The molecule has 0 spiro atoms. The number of nitrogens with one attached hydrogen (secondary N) is 1. The lowest BCUT2D eigenvalue weighted by atomic mass is 9.72. The predicted molar refractivity (Wildman–Crippen MR) is 116 cm³/mol. The van der Waals surface area contributed by atoms with Crippen LogP contribution >= 0.6 is 0 Å². The van der Waals surface area contributed by atoms with E-state index in [9.17, 15) is 31.2 Å². The Bertz CT molecular complexity index is 1150. The maximum atomic E-state index is 14.8. The molecule has 2 heterocycles. The Morgan fingerprint density at radius 3 is 2.35 bits per heavy atom. The van der Waals surface area contributed by atoms with Crippen molar-refractivity contribution in [3.63, 3.8) is 0 Å². The van der Waals surface area contributed by atoms with Crippen molar-refractivity contribution in [3.8, 4) is 0 Å². The smallest absolute Gasteiger partial charge is 0.376 e. The molecule has 0 radical (unpaired) electrons. The molecule has 2 atom stereocenters. The maximum Gasteiger partial charge on any atom is 0.421 e. The van der Waals surface area contributed by atoms with Gasteiger partial charge in [-0.1, -0.05) is 31.5 Å². The van der Waals surface area contributed by atoms with E-state index in [1.807, 2.05) is 0 Å². The quantitative estimate of drug-likeness (QED) is 0.670. The van der Waals surface area contributed by atoms with Crippen molar-refractivity contribution in [3.05, 3.63) is 41.1 Å². The summed E-state index contributed by atoms with van der Waals surface area (Å²) in [6.07, 6.45) is -4.85. The standard InChI is InChI=1S/C23H27F3N2O5S/c1-14-6-8-16(9-7-14)34(31,32)27-22(23(24,25)26)19-17(11-21(2,3)12-18(19)29)28(20(22)30)13-15-5-4-10-33-15/h6-9,15,27H,4-5,10-13H2,1-3H3. The number of nitrogens with zero attached hydrogens (tertiary/aromatic N) is 1. The molecule has 186 valence electrons. The van der Waals surface area contributed by atoms with Crippen molar-refractivity contribution in [1.29, 1.82) is 0 Å². The molecule has 1 aliphatic carbocycles. The number of hydrogen-bond acceptors (Lipinski definition) is 5. The Hall–Kier alpha value is -2.24. The third-order valence-electron chi connectivity index (χ3n) is 6.57. The van der Waals surface area contributed by atoms with Gasteiger partial charge < -0.3 is 9.64 Å². The minimum Gasteiger partial charge on any atom is -0.376 e. The lowest BCUT2D eigenvalue weighted by Crippen LogP contribution is -2.66. The largest absolute Gasteiger partial charge is 0.421 e. The molecule has 2 aliphatic heterocycles. The van der Waals surface area contributed by atoms with Crippen LogP contribution in [-0.2, 0) is 24.3 Å². The van der Waals surface area contributed by atoms with Gasteiger partial charge in [-0.25, -0.2) is 8.42 Å². The van der Waals surface area contributed by atoms with E-state index in [2.05, 4.69) is 0 Å². The summed E-state index contributed by atoms with van der Waals surface area (Å²) in [7, 11) is -4.82. The lowest BCUT2D eigenvalue weighted by molar-refractivity contribution is -0.189. The van der Waals surface area contributed by atoms with Crippen molar-refractivity contribution in [2.75, 3.05) is 13.2 Å². The number of ether oxygens (including phenoxy) is 1. The van der Waals surface area contributed by atoms with Gasteiger partial charge in [0.1, 0.15) is 0 Å². The molecule has 11 heteroatoms. The van der Waals surface area contributed by atoms with E-state index in [1.165, 1.54) is 12.1 Å². The zero-order valence-corrected chi connectivity index (χ0v) is 20.0. The van der Waals surface area contributed by atoms with Crippen LogP contribution in [-0.4, -0.2) is 56.0 Å². The fraction of sp³-hybridized carbons (Fsp3) is 0.565. The van der Waals surface area contributed by atoms with Crippen LogP contribution in [0, 0.1) is 12.3 Å². The number of Topliss-reactive ketones (excluding diaryl/α,β-unsaturated/α-hetero) is 1. The van der Waals surface area contributed by atoms with Crippen molar-refractivity contribution in [2.24, 2.45) is 5.41 Å². The van der Waals surface area contributed by atoms with Crippen LogP contribution in [0.15, 0.2) is 40.4 Å². The average Bonchev–Trinajstić information content (AvgIpc) is 3.28. The first-order valence-electron chi connectivity index (χ1n) is 11.1. The number of amides is 1. The Labute approximate surface area is 196 Å². The molecule has 34 heavy (non-hydrogen) atoms. The van der Waals surface area contributed by atoms with Crippen LogP contribution in [0.3, 0.4) is 0 Å². The molecular formula is C23H27F3N2O5S. The van der Waals surface area contributed by atoms with Crippen LogP contribution in [0.1, 0.15) is 45.1 Å². The second-order valence-electron chi connectivity index (χ2n) is 9.98. The van der Waals surface area contributed by atoms with Crippen LogP contribution in [0.25, 0.3) is 0 Å². The van der Waals surface area contributed by atoms with Crippen molar-refractivity contribution in [1.82, 2.24) is 9.62 Å². The molecule has 3 aliphatic rings. The van der Waals surface area contributed by atoms with Crippen molar-refractivity contribution in [2.45, 2.75) is 69.2 Å². The number of carbonyl (C=O) groups excluding carboxylic acids is 2. The molecule has 1 fully saturated rings. The van der Waals surface area contributed by atoms with Gasteiger partial charge in [-0.2, -0.15) is 17.9 Å². The van der Waals surface area contributed by atoms with E-state index in [1.54, 1.807) is 25.5 Å². The first-order valence-corrected chi connectivity index (χ1v) is 12.5. The molecule has 1 aromatic rings. The van der Waals surface area contributed by atoms with Crippen LogP contribution in [0.2, 0.25) is 0 Å². The first-order chi connectivity index (χ1) is 15.7. The lowest BCUT2D eigenvalue weighted by Gasteiger charge is -2.35. The predicted octanol–water partition coefficient (Wildman–Crippen LogP) is 3.24. The summed E-state index contributed by atoms with van der Waals surface area (Å²) in [5.41, 5.74) is -4.58. The monoisotopic (exact) mass is 500 g/mol. The van der Waals surface area contributed by atoms with Gasteiger partial charge in [-0.3, -0.25) is 9.59 Å². The number of rotatable bonds is 5. The Morgan fingerprint density at radius 2 is 1.79 bits per heavy atom. The zero-order chi connectivity index (χ0) is 25.1. The zero-order valence-electron chi connectivity index (χ0n) is 19.2. The van der Waals surface area contributed by atoms with Crippen LogP contribution in [0.4, 0.5) is 13.2 Å². The number of alkyl halides is 3. The van der Waals surface area contributed by atoms with Gasteiger partial charge in [0, 0.05) is 18.7 Å². The first kappa shape index (κ1) is 24.9. The number of halogens is 3. The van der Waals surface area contributed by atoms with Gasteiger partial charge in [0.2, 0.25) is 15.6 Å². The number of carbonyl (C=O) groups is 2. The highest BCUT2D eigenvalue weighted by molar-refractivity contribution is 7.89. The Morgan fingerprint density at radius 1 is 1.15 bits per heavy atom. The van der Waals surface area contributed by atoms with Gasteiger partial charge >= 0.3 is 6.18 Å². The Balaban J connectivity index is 1.88. The van der Waals surface area contributed by atoms with Crippen LogP contribution in [0.5, 0.6) is 0 Å². The number of ketones is 1. The normalized spacial score (nSPS) is 27.5. The second-order valence-corrected chi connectivity index (χ2v) is 11.7. The molecule has 2 unspecified atom stereocenters.